The van der Waals surface area contributed by atoms with Gasteiger partial charge < -0.3 is 10.4 Å². The number of carbonyl (C=O) groups excluding carboxylic acids is 1. The van der Waals surface area contributed by atoms with Crippen LogP contribution >= 0.6 is 22.9 Å². The average Bonchev–Trinajstić information content (AvgIpc) is 2.85. The first kappa shape index (κ1) is 16.7. The molecule has 5 nitrogen and oxygen atoms in total. The first-order valence-electron chi connectivity index (χ1n) is 6.77. The Hall–Kier alpha value is -1.63. The van der Waals surface area contributed by atoms with Crippen molar-refractivity contribution < 1.29 is 9.90 Å². The Morgan fingerprint density at radius 2 is 2.23 bits per heavy atom. The number of aliphatic hydroxyl groups excluding tert-OH is 1. The van der Waals surface area contributed by atoms with Crippen LogP contribution in [-0.2, 0) is 6.42 Å². The molecule has 1 aromatic heterocycles. The van der Waals surface area contributed by atoms with Crippen molar-refractivity contribution in [2.24, 2.45) is 0 Å². The fourth-order valence-corrected chi connectivity index (χ4v) is 2.82. The van der Waals surface area contributed by atoms with E-state index >= 15 is 0 Å². The number of anilines is 1. The molecule has 0 radical (unpaired) electrons. The quantitative estimate of drug-likeness (QED) is 0.782. The van der Waals surface area contributed by atoms with E-state index in [1.54, 1.807) is 20.0 Å². The van der Waals surface area contributed by atoms with Crippen molar-refractivity contribution in [1.29, 1.82) is 0 Å². The zero-order valence-electron chi connectivity index (χ0n) is 12.4. The van der Waals surface area contributed by atoms with E-state index in [1.165, 1.54) is 11.3 Å². The molecule has 0 saturated carbocycles. The van der Waals surface area contributed by atoms with Gasteiger partial charge in [-0.2, -0.15) is 0 Å². The molecule has 2 amide bonds. The van der Waals surface area contributed by atoms with Gasteiger partial charge in [0.15, 0.2) is 5.13 Å². The summed E-state index contributed by atoms with van der Waals surface area (Å²) in [5, 5.41) is 15.7. The maximum atomic E-state index is 11.8. The highest BCUT2D eigenvalue weighted by Crippen LogP contribution is 2.22. The fraction of sp³-hybridized carbons (Fsp3) is 0.333. The summed E-state index contributed by atoms with van der Waals surface area (Å²) in [6, 6.07) is 7.25. The smallest absolute Gasteiger partial charge is 0.321 e. The zero-order chi connectivity index (χ0) is 16.2. The van der Waals surface area contributed by atoms with Crippen molar-refractivity contribution in [1.82, 2.24) is 10.3 Å². The van der Waals surface area contributed by atoms with Gasteiger partial charge >= 0.3 is 6.03 Å². The van der Waals surface area contributed by atoms with Crippen LogP contribution in [0, 0.1) is 0 Å². The molecular formula is C15H18ClN3O2S. The van der Waals surface area contributed by atoms with Crippen molar-refractivity contribution in [3.8, 4) is 0 Å². The van der Waals surface area contributed by atoms with Crippen LogP contribution in [0.15, 0.2) is 30.5 Å². The van der Waals surface area contributed by atoms with E-state index in [2.05, 4.69) is 15.6 Å². The molecule has 22 heavy (non-hydrogen) atoms. The third-order valence-electron chi connectivity index (χ3n) is 2.89. The van der Waals surface area contributed by atoms with Gasteiger partial charge in [-0.3, -0.25) is 5.32 Å². The maximum absolute atomic E-state index is 11.8. The SMILES string of the molecule is CC(C)(CO)NC(=O)Nc1ncc(Cc2cccc(Cl)c2)s1. The number of thiazole rings is 1. The monoisotopic (exact) mass is 339 g/mol. The molecule has 0 aliphatic rings. The lowest BCUT2D eigenvalue weighted by molar-refractivity contribution is 0.187. The molecule has 0 spiro atoms. The molecule has 2 aromatic rings. The summed E-state index contributed by atoms with van der Waals surface area (Å²) < 4.78 is 0. The minimum Gasteiger partial charge on any atom is -0.394 e. The molecule has 0 bridgehead atoms. The van der Waals surface area contributed by atoms with Gasteiger partial charge in [-0.15, -0.1) is 11.3 Å². The number of hydrogen-bond acceptors (Lipinski definition) is 4. The van der Waals surface area contributed by atoms with Gasteiger partial charge in [-0.05, 0) is 31.5 Å². The maximum Gasteiger partial charge on any atom is 0.321 e. The van der Waals surface area contributed by atoms with E-state index in [0.29, 0.717) is 16.6 Å². The first-order valence-corrected chi connectivity index (χ1v) is 7.96. The Balaban J connectivity index is 1.95. The topological polar surface area (TPSA) is 74.2 Å². The van der Waals surface area contributed by atoms with Gasteiger partial charge in [0.05, 0.1) is 12.1 Å². The number of nitrogens with one attached hydrogen (secondary N) is 2. The minimum atomic E-state index is -0.676. The van der Waals surface area contributed by atoms with Crippen LogP contribution in [0.3, 0.4) is 0 Å². The van der Waals surface area contributed by atoms with Crippen LogP contribution in [0.1, 0.15) is 24.3 Å². The van der Waals surface area contributed by atoms with E-state index in [9.17, 15) is 4.79 Å². The van der Waals surface area contributed by atoms with E-state index < -0.39 is 5.54 Å². The number of halogens is 1. The largest absolute Gasteiger partial charge is 0.394 e. The standard InChI is InChI=1S/C15H18ClN3O2S/c1-15(2,9-20)19-13(21)18-14-17-8-12(22-14)7-10-4-3-5-11(16)6-10/h3-6,8,20H,7,9H2,1-2H3,(H2,17,18,19,21). The number of aliphatic hydroxyl groups is 1. The van der Waals surface area contributed by atoms with E-state index in [4.69, 9.17) is 16.7 Å². The molecule has 0 fully saturated rings. The molecule has 2 rings (SSSR count). The van der Waals surface area contributed by atoms with Gasteiger partial charge in [0.25, 0.3) is 0 Å². The third kappa shape index (κ3) is 4.98. The number of hydrogen-bond donors (Lipinski definition) is 3. The highest BCUT2D eigenvalue weighted by molar-refractivity contribution is 7.15. The zero-order valence-corrected chi connectivity index (χ0v) is 14.0. The lowest BCUT2D eigenvalue weighted by Crippen LogP contribution is -2.48. The van der Waals surface area contributed by atoms with Crippen LogP contribution in [0.25, 0.3) is 0 Å². The van der Waals surface area contributed by atoms with E-state index in [0.717, 1.165) is 10.4 Å². The second-order valence-corrected chi connectivity index (χ2v) is 7.11. The molecular weight excluding hydrogens is 322 g/mol. The van der Waals surface area contributed by atoms with Crippen molar-refractivity contribution in [3.05, 3.63) is 45.9 Å². The van der Waals surface area contributed by atoms with Gasteiger partial charge in [-0.1, -0.05) is 23.7 Å². The number of nitrogens with zero attached hydrogens (tertiary/aromatic N) is 1. The van der Waals surface area contributed by atoms with Gasteiger partial charge in [0.2, 0.25) is 0 Å². The first-order chi connectivity index (χ1) is 10.4. The van der Waals surface area contributed by atoms with Gasteiger partial charge in [0.1, 0.15) is 0 Å². The summed E-state index contributed by atoms with van der Waals surface area (Å²) in [6.07, 6.45) is 2.45. The molecule has 1 aromatic carbocycles. The molecule has 118 valence electrons. The highest BCUT2D eigenvalue weighted by atomic mass is 35.5. The molecule has 0 atom stereocenters. The second-order valence-electron chi connectivity index (χ2n) is 5.56. The van der Waals surface area contributed by atoms with Crippen molar-refractivity contribution >= 4 is 34.1 Å². The number of urea groups is 1. The minimum absolute atomic E-state index is 0.141. The van der Waals surface area contributed by atoms with E-state index in [-0.39, 0.29) is 12.6 Å². The van der Waals surface area contributed by atoms with Crippen molar-refractivity contribution in [3.63, 3.8) is 0 Å². The summed E-state index contributed by atoms with van der Waals surface area (Å²) >= 11 is 7.37. The average molecular weight is 340 g/mol. The van der Waals surface area contributed by atoms with Crippen LogP contribution in [0.2, 0.25) is 5.02 Å². The molecule has 0 aliphatic heterocycles. The summed E-state index contributed by atoms with van der Waals surface area (Å²) in [5.74, 6) is 0. The Labute approximate surface area is 138 Å². The predicted octanol–water partition coefficient (Wildman–Crippen LogP) is 3.28. The van der Waals surface area contributed by atoms with Crippen molar-refractivity contribution in [2.45, 2.75) is 25.8 Å². The van der Waals surface area contributed by atoms with Crippen LogP contribution < -0.4 is 10.6 Å². The molecule has 0 saturated heterocycles. The third-order valence-corrected chi connectivity index (χ3v) is 4.04. The Morgan fingerprint density at radius 1 is 1.45 bits per heavy atom. The Bertz CT molecular complexity index is 658. The molecule has 3 N–H and O–H groups in total. The highest BCUT2D eigenvalue weighted by Gasteiger charge is 2.19. The van der Waals surface area contributed by atoms with Crippen LogP contribution in [0.5, 0.6) is 0 Å². The van der Waals surface area contributed by atoms with Crippen LogP contribution in [-0.4, -0.2) is 28.3 Å². The van der Waals surface area contributed by atoms with Gasteiger partial charge in [-0.25, -0.2) is 9.78 Å². The fourth-order valence-electron chi connectivity index (χ4n) is 1.77. The molecule has 7 heteroatoms. The second kappa shape index (κ2) is 7.09. The van der Waals surface area contributed by atoms with Crippen molar-refractivity contribution in [2.75, 3.05) is 11.9 Å². The predicted molar refractivity (Wildman–Crippen MR) is 89.7 cm³/mol. The summed E-state index contributed by atoms with van der Waals surface area (Å²) in [7, 11) is 0. The molecule has 1 heterocycles. The summed E-state index contributed by atoms with van der Waals surface area (Å²) in [6.45, 7) is 3.33. The van der Waals surface area contributed by atoms with Crippen LogP contribution in [0.4, 0.5) is 9.93 Å². The number of benzene rings is 1. The molecule has 0 unspecified atom stereocenters. The Morgan fingerprint density at radius 3 is 2.91 bits per heavy atom. The lowest BCUT2D eigenvalue weighted by Gasteiger charge is -2.23. The number of amides is 2. The number of carbonyl (C=O) groups is 1. The number of rotatable bonds is 5. The summed E-state index contributed by atoms with van der Waals surface area (Å²) in [4.78, 5) is 17.0. The normalized spacial score (nSPS) is 11.3. The number of aromatic nitrogens is 1. The molecule has 0 aliphatic carbocycles. The van der Waals surface area contributed by atoms with Gasteiger partial charge in [0, 0.05) is 22.5 Å². The summed E-state index contributed by atoms with van der Waals surface area (Å²) in [5.41, 5.74) is 0.416. The lowest BCUT2D eigenvalue weighted by atomic mass is 10.1. The van der Waals surface area contributed by atoms with E-state index in [1.807, 2.05) is 24.3 Å². The Kier molecular flexibility index (Phi) is 5.39.